The summed E-state index contributed by atoms with van der Waals surface area (Å²) in [5, 5.41) is 4.04. The van der Waals surface area contributed by atoms with Gasteiger partial charge in [0.2, 0.25) is 5.91 Å². The molecule has 0 atom stereocenters. The molecule has 1 aliphatic rings. The van der Waals surface area contributed by atoms with Gasteiger partial charge < -0.3 is 10.2 Å². The minimum atomic E-state index is 0.0119. The maximum Gasteiger partial charge on any atom is 0.234 e. The van der Waals surface area contributed by atoms with Gasteiger partial charge in [0.15, 0.2) is 5.17 Å². The molecule has 1 fully saturated rings. The van der Waals surface area contributed by atoms with Crippen molar-refractivity contribution in [2.75, 3.05) is 24.2 Å². The summed E-state index contributed by atoms with van der Waals surface area (Å²) in [6.45, 7) is 8.18. The quantitative estimate of drug-likeness (QED) is 0.552. The van der Waals surface area contributed by atoms with Crippen LogP contribution in [0.2, 0.25) is 0 Å². The molecule has 2 aromatic carbocycles. The molecule has 148 valence electrons. The standard InChI is InChI=1S/C23H29N3OS/c1-17-14-18(2)22(19(3)15-17)25-21(27)16-28-23(26-12-8-5-9-13-26)24-20-10-6-4-7-11-20/h4,6-7,10-11,14-15H,5,8-9,12-13,16H2,1-3H3,(H,25,27). The van der Waals surface area contributed by atoms with Crippen molar-refractivity contribution in [2.24, 2.45) is 4.99 Å². The number of likely N-dealkylation sites (tertiary alicyclic amines) is 1. The van der Waals surface area contributed by atoms with Crippen LogP contribution in [0.15, 0.2) is 47.5 Å². The van der Waals surface area contributed by atoms with Crippen molar-refractivity contribution < 1.29 is 4.79 Å². The predicted octanol–water partition coefficient (Wildman–Crippen LogP) is 5.46. The summed E-state index contributed by atoms with van der Waals surface area (Å²) in [6.07, 6.45) is 3.64. The number of para-hydroxylation sites is 1. The largest absolute Gasteiger partial charge is 0.351 e. The number of benzene rings is 2. The molecule has 0 spiro atoms. The molecule has 1 N–H and O–H groups in total. The molecule has 3 rings (SSSR count). The summed E-state index contributed by atoms with van der Waals surface area (Å²) in [6, 6.07) is 14.2. The monoisotopic (exact) mass is 395 g/mol. The van der Waals surface area contributed by atoms with Gasteiger partial charge in [-0.3, -0.25) is 4.79 Å². The van der Waals surface area contributed by atoms with Crippen molar-refractivity contribution in [2.45, 2.75) is 40.0 Å². The van der Waals surface area contributed by atoms with Crippen LogP contribution in [-0.4, -0.2) is 34.8 Å². The lowest BCUT2D eigenvalue weighted by atomic mass is 10.1. The number of rotatable bonds is 4. The van der Waals surface area contributed by atoms with Crippen LogP contribution in [0.5, 0.6) is 0 Å². The number of hydrogen-bond acceptors (Lipinski definition) is 3. The van der Waals surface area contributed by atoms with Crippen molar-refractivity contribution >= 4 is 34.2 Å². The molecule has 0 bridgehead atoms. The second-order valence-corrected chi connectivity index (χ2v) is 8.33. The average Bonchev–Trinajstić information content (AvgIpc) is 2.69. The minimum Gasteiger partial charge on any atom is -0.351 e. The molecule has 28 heavy (non-hydrogen) atoms. The van der Waals surface area contributed by atoms with E-state index < -0.39 is 0 Å². The third kappa shape index (κ3) is 5.61. The van der Waals surface area contributed by atoms with Gasteiger partial charge in [0, 0.05) is 18.8 Å². The Kier molecular flexibility index (Phi) is 7.15. The van der Waals surface area contributed by atoms with Crippen molar-refractivity contribution in [1.82, 2.24) is 4.90 Å². The van der Waals surface area contributed by atoms with Crippen LogP contribution in [0.25, 0.3) is 0 Å². The van der Waals surface area contributed by atoms with E-state index in [9.17, 15) is 4.79 Å². The van der Waals surface area contributed by atoms with Gasteiger partial charge >= 0.3 is 0 Å². The van der Waals surface area contributed by atoms with Gasteiger partial charge in [0.05, 0.1) is 11.4 Å². The van der Waals surface area contributed by atoms with E-state index in [4.69, 9.17) is 4.99 Å². The van der Waals surface area contributed by atoms with Crippen LogP contribution < -0.4 is 5.32 Å². The molecule has 1 aliphatic heterocycles. The molecular formula is C23H29N3OS. The van der Waals surface area contributed by atoms with E-state index >= 15 is 0 Å². The Balaban J connectivity index is 1.69. The van der Waals surface area contributed by atoms with E-state index in [0.717, 1.165) is 40.8 Å². The maximum absolute atomic E-state index is 12.6. The molecular weight excluding hydrogens is 366 g/mol. The number of carbonyl (C=O) groups excluding carboxylic acids is 1. The van der Waals surface area contributed by atoms with Crippen LogP contribution in [-0.2, 0) is 4.79 Å². The Hall–Kier alpha value is -2.27. The number of amides is 1. The van der Waals surface area contributed by atoms with Crippen LogP contribution in [0, 0.1) is 20.8 Å². The molecule has 4 nitrogen and oxygen atoms in total. The van der Waals surface area contributed by atoms with E-state index in [1.165, 1.54) is 36.6 Å². The van der Waals surface area contributed by atoms with Crippen LogP contribution in [0.1, 0.15) is 36.0 Å². The fourth-order valence-electron chi connectivity index (χ4n) is 3.58. The van der Waals surface area contributed by atoms with Gasteiger partial charge in [0.1, 0.15) is 0 Å². The highest BCUT2D eigenvalue weighted by atomic mass is 32.2. The minimum absolute atomic E-state index is 0.0119. The second-order valence-electron chi connectivity index (χ2n) is 7.39. The highest BCUT2D eigenvalue weighted by Gasteiger charge is 2.17. The normalized spacial score (nSPS) is 14.8. The summed E-state index contributed by atoms with van der Waals surface area (Å²) in [5.74, 6) is 0.368. The molecule has 1 saturated heterocycles. The Morgan fingerprint density at radius 3 is 2.32 bits per heavy atom. The Bertz CT molecular complexity index is 819. The molecule has 0 radical (unpaired) electrons. The van der Waals surface area contributed by atoms with Gasteiger partial charge in [-0.1, -0.05) is 47.7 Å². The van der Waals surface area contributed by atoms with Gasteiger partial charge in [-0.2, -0.15) is 0 Å². The van der Waals surface area contributed by atoms with Gasteiger partial charge in [0.25, 0.3) is 0 Å². The highest BCUT2D eigenvalue weighted by molar-refractivity contribution is 8.14. The van der Waals surface area contributed by atoms with E-state index in [0.29, 0.717) is 5.75 Å². The van der Waals surface area contributed by atoms with Gasteiger partial charge in [-0.05, 0) is 63.3 Å². The van der Waals surface area contributed by atoms with Crippen molar-refractivity contribution in [3.8, 4) is 0 Å². The van der Waals surface area contributed by atoms with Crippen molar-refractivity contribution in [3.63, 3.8) is 0 Å². The zero-order valence-electron chi connectivity index (χ0n) is 17.0. The number of thioether (sulfide) groups is 1. The topological polar surface area (TPSA) is 44.7 Å². The lowest BCUT2D eigenvalue weighted by molar-refractivity contribution is -0.113. The first-order valence-electron chi connectivity index (χ1n) is 9.92. The van der Waals surface area contributed by atoms with Gasteiger partial charge in [-0.15, -0.1) is 0 Å². The molecule has 1 heterocycles. The number of hydrogen-bond donors (Lipinski definition) is 1. The SMILES string of the molecule is Cc1cc(C)c(NC(=O)CSC(=Nc2ccccc2)N2CCCCC2)c(C)c1. The summed E-state index contributed by atoms with van der Waals surface area (Å²) in [4.78, 5) is 19.8. The third-order valence-corrected chi connectivity index (χ3v) is 5.90. The second kappa shape index (κ2) is 9.78. The maximum atomic E-state index is 12.6. The number of anilines is 1. The molecule has 0 aromatic heterocycles. The lowest BCUT2D eigenvalue weighted by Gasteiger charge is -2.29. The molecule has 0 aliphatic carbocycles. The van der Waals surface area contributed by atoms with Crippen molar-refractivity contribution in [3.05, 3.63) is 59.2 Å². The zero-order valence-corrected chi connectivity index (χ0v) is 17.8. The summed E-state index contributed by atoms with van der Waals surface area (Å²) in [5.41, 5.74) is 5.27. The molecule has 2 aromatic rings. The zero-order chi connectivity index (χ0) is 19.9. The summed E-state index contributed by atoms with van der Waals surface area (Å²) >= 11 is 1.53. The van der Waals surface area contributed by atoms with Crippen LogP contribution >= 0.6 is 11.8 Å². The first kappa shape index (κ1) is 20.5. The van der Waals surface area contributed by atoms with Crippen LogP contribution in [0.4, 0.5) is 11.4 Å². The van der Waals surface area contributed by atoms with Crippen LogP contribution in [0.3, 0.4) is 0 Å². The predicted molar refractivity (Wildman–Crippen MR) is 121 cm³/mol. The fourth-order valence-corrected chi connectivity index (χ4v) is 4.44. The first-order chi connectivity index (χ1) is 13.5. The van der Waals surface area contributed by atoms with Crippen molar-refractivity contribution in [1.29, 1.82) is 0 Å². The Morgan fingerprint density at radius 1 is 1.04 bits per heavy atom. The highest BCUT2D eigenvalue weighted by Crippen LogP contribution is 2.24. The number of piperidine rings is 1. The summed E-state index contributed by atoms with van der Waals surface area (Å²) in [7, 11) is 0. The Labute approximate surface area is 172 Å². The van der Waals surface area contributed by atoms with E-state index in [1.807, 2.05) is 44.2 Å². The van der Waals surface area contributed by atoms with E-state index in [1.54, 1.807) is 0 Å². The van der Waals surface area contributed by atoms with E-state index in [-0.39, 0.29) is 5.91 Å². The molecule has 0 saturated carbocycles. The number of nitrogens with zero attached hydrogens (tertiary/aromatic N) is 2. The Morgan fingerprint density at radius 2 is 1.68 bits per heavy atom. The number of nitrogens with one attached hydrogen (secondary N) is 1. The lowest BCUT2D eigenvalue weighted by Crippen LogP contribution is -2.34. The molecule has 0 unspecified atom stereocenters. The third-order valence-electron chi connectivity index (χ3n) is 4.88. The fraction of sp³-hybridized carbons (Fsp3) is 0.391. The van der Waals surface area contributed by atoms with E-state index in [2.05, 4.69) is 29.3 Å². The number of carbonyl (C=O) groups is 1. The smallest absolute Gasteiger partial charge is 0.234 e. The van der Waals surface area contributed by atoms with Gasteiger partial charge in [-0.25, -0.2) is 4.99 Å². The molecule has 5 heteroatoms. The number of aryl methyl sites for hydroxylation is 3. The first-order valence-corrected chi connectivity index (χ1v) is 10.9. The number of aliphatic imine (C=N–C) groups is 1. The number of amidine groups is 1. The summed E-state index contributed by atoms with van der Waals surface area (Å²) < 4.78 is 0. The molecule has 1 amide bonds. The average molecular weight is 396 g/mol.